The monoisotopic (exact) mass is 395 g/mol. The molecule has 1 aliphatic rings. The van der Waals surface area contributed by atoms with Crippen molar-refractivity contribution in [3.63, 3.8) is 0 Å². The van der Waals surface area contributed by atoms with Crippen molar-refractivity contribution in [1.29, 1.82) is 0 Å². The second-order valence-corrected chi connectivity index (χ2v) is 8.38. The molecule has 0 aliphatic heterocycles. The Morgan fingerprint density at radius 3 is 2.42 bits per heavy atom. The van der Waals surface area contributed by atoms with E-state index < -0.39 is 39.3 Å². The van der Waals surface area contributed by atoms with Crippen LogP contribution in [-0.4, -0.2) is 35.9 Å². The van der Waals surface area contributed by atoms with Crippen molar-refractivity contribution in [3.8, 4) is 0 Å². The number of aliphatic hydroxyl groups is 1. The minimum atomic E-state index is -4.49. The molecule has 0 heterocycles. The van der Waals surface area contributed by atoms with E-state index in [1.165, 1.54) is 12.1 Å². The largest absolute Gasteiger partial charge is 0.416 e. The molecule has 2 rings (SSSR count). The van der Waals surface area contributed by atoms with Gasteiger partial charge in [-0.25, -0.2) is 0 Å². The predicted molar refractivity (Wildman–Crippen MR) is 91.3 cm³/mol. The molecule has 1 atom stereocenters. The van der Waals surface area contributed by atoms with Gasteiger partial charge in [-0.2, -0.15) is 21.6 Å². The number of aliphatic hydroxyl groups excluding tert-OH is 1. The van der Waals surface area contributed by atoms with Crippen LogP contribution in [0.15, 0.2) is 24.3 Å². The molecular formula is C17H24F3NO4S. The zero-order chi connectivity index (χ0) is 19.4. The first-order valence-corrected chi connectivity index (χ1v) is 10.2. The highest BCUT2D eigenvalue weighted by molar-refractivity contribution is 7.85. The van der Waals surface area contributed by atoms with E-state index in [9.17, 15) is 26.7 Å². The Labute approximate surface area is 151 Å². The van der Waals surface area contributed by atoms with Crippen LogP contribution >= 0.6 is 0 Å². The highest BCUT2D eigenvalue weighted by Gasteiger charge is 2.40. The van der Waals surface area contributed by atoms with Crippen LogP contribution in [0.25, 0.3) is 0 Å². The summed E-state index contributed by atoms with van der Waals surface area (Å²) in [6.45, 7) is 0.232. The van der Waals surface area contributed by atoms with Gasteiger partial charge in [-0.1, -0.05) is 31.4 Å². The van der Waals surface area contributed by atoms with E-state index in [4.69, 9.17) is 4.55 Å². The van der Waals surface area contributed by atoms with E-state index in [0.717, 1.165) is 31.4 Å². The Hall–Kier alpha value is -1.16. The fraction of sp³-hybridized carbons (Fsp3) is 0.647. The van der Waals surface area contributed by atoms with Crippen LogP contribution in [0.3, 0.4) is 0 Å². The van der Waals surface area contributed by atoms with Crippen molar-refractivity contribution in [1.82, 2.24) is 5.32 Å². The summed E-state index contributed by atoms with van der Waals surface area (Å²) < 4.78 is 69.3. The lowest BCUT2D eigenvalue weighted by Gasteiger charge is -2.42. The Kier molecular flexibility index (Phi) is 6.70. The van der Waals surface area contributed by atoms with Gasteiger partial charge in [0.05, 0.1) is 17.4 Å². The lowest BCUT2D eigenvalue weighted by atomic mass is 9.75. The summed E-state index contributed by atoms with van der Waals surface area (Å²) in [5.41, 5.74) is -1.43. The molecule has 0 radical (unpaired) electrons. The molecule has 1 aromatic carbocycles. The number of hydrogen-bond acceptors (Lipinski definition) is 4. The van der Waals surface area contributed by atoms with E-state index in [2.05, 4.69) is 5.32 Å². The maximum Gasteiger partial charge on any atom is 0.416 e. The normalized spacial score (nSPS) is 19.3. The summed E-state index contributed by atoms with van der Waals surface area (Å²) in [5, 5.41) is 14.0. The van der Waals surface area contributed by atoms with Crippen LogP contribution in [0, 0.1) is 0 Å². The van der Waals surface area contributed by atoms with Gasteiger partial charge in [-0.05, 0) is 43.5 Å². The van der Waals surface area contributed by atoms with E-state index in [0.29, 0.717) is 12.8 Å². The molecule has 1 fully saturated rings. The van der Waals surface area contributed by atoms with Gasteiger partial charge >= 0.3 is 6.18 Å². The predicted octanol–water partition coefficient (Wildman–Crippen LogP) is 3.31. The van der Waals surface area contributed by atoms with Gasteiger partial charge in [0, 0.05) is 5.54 Å². The SMILES string of the molecule is O=S(=O)(O)CCCNC1(C(O)c2cccc(C(F)(F)F)c2)CCCCC1. The number of alkyl halides is 3. The fourth-order valence-electron chi connectivity index (χ4n) is 3.53. The molecule has 0 bridgehead atoms. The number of nitrogens with one attached hydrogen (secondary N) is 1. The van der Waals surface area contributed by atoms with Gasteiger partial charge in [0.15, 0.2) is 0 Å². The molecule has 5 nitrogen and oxygen atoms in total. The number of hydrogen-bond donors (Lipinski definition) is 3. The second kappa shape index (κ2) is 8.24. The minimum Gasteiger partial charge on any atom is -0.386 e. The Bertz CT molecular complexity index is 700. The van der Waals surface area contributed by atoms with E-state index in [1.54, 1.807) is 0 Å². The van der Waals surface area contributed by atoms with Crippen molar-refractivity contribution >= 4 is 10.1 Å². The van der Waals surface area contributed by atoms with Gasteiger partial charge in [0.1, 0.15) is 0 Å². The highest BCUT2D eigenvalue weighted by atomic mass is 32.2. The first kappa shape index (κ1) is 21.1. The average molecular weight is 395 g/mol. The lowest BCUT2D eigenvalue weighted by Crippen LogP contribution is -2.52. The molecule has 148 valence electrons. The summed E-state index contributed by atoms with van der Waals surface area (Å²) in [4.78, 5) is 0. The number of halogens is 3. The van der Waals surface area contributed by atoms with Crippen molar-refractivity contribution in [3.05, 3.63) is 35.4 Å². The third-order valence-electron chi connectivity index (χ3n) is 4.86. The van der Waals surface area contributed by atoms with Crippen LogP contribution in [0.1, 0.15) is 55.8 Å². The average Bonchev–Trinajstić information content (AvgIpc) is 2.57. The molecule has 0 saturated heterocycles. The quantitative estimate of drug-likeness (QED) is 0.487. The van der Waals surface area contributed by atoms with Crippen LogP contribution in [-0.2, 0) is 16.3 Å². The van der Waals surface area contributed by atoms with Crippen molar-refractivity contribution in [2.75, 3.05) is 12.3 Å². The second-order valence-electron chi connectivity index (χ2n) is 6.81. The summed E-state index contributed by atoms with van der Waals surface area (Å²) in [6.07, 6.45) is -1.71. The molecule has 3 N–H and O–H groups in total. The summed E-state index contributed by atoms with van der Waals surface area (Å²) in [5.74, 6) is -0.407. The standard InChI is InChI=1S/C17H24F3NO4S/c18-17(19,20)14-7-4-6-13(12-14)15(22)16(8-2-1-3-9-16)21-10-5-11-26(23,24)25/h4,6-7,12,15,21-22H,1-3,5,8-11H2,(H,23,24,25). The van der Waals surface area contributed by atoms with Gasteiger partial charge in [0.2, 0.25) is 0 Å². The molecule has 26 heavy (non-hydrogen) atoms. The molecule has 0 aromatic heterocycles. The lowest BCUT2D eigenvalue weighted by molar-refractivity contribution is -0.137. The number of rotatable bonds is 7. The first-order valence-electron chi connectivity index (χ1n) is 8.59. The third-order valence-corrected chi connectivity index (χ3v) is 5.66. The van der Waals surface area contributed by atoms with Gasteiger partial charge in [-0.15, -0.1) is 0 Å². The molecule has 0 amide bonds. The van der Waals surface area contributed by atoms with Crippen molar-refractivity contribution < 1.29 is 31.2 Å². The Morgan fingerprint density at radius 2 is 1.85 bits per heavy atom. The summed E-state index contributed by atoms with van der Waals surface area (Å²) in [7, 11) is -4.07. The van der Waals surface area contributed by atoms with Gasteiger partial charge in [0.25, 0.3) is 10.1 Å². The minimum absolute atomic E-state index is 0.149. The highest BCUT2D eigenvalue weighted by Crippen LogP contribution is 2.40. The first-order chi connectivity index (χ1) is 12.0. The van der Waals surface area contributed by atoms with Crippen LogP contribution in [0.4, 0.5) is 13.2 Å². The van der Waals surface area contributed by atoms with Gasteiger partial charge < -0.3 is 10.4 Å². The summed E-state index contributed by atoms with van der Waals surface area (Å²) in [6, 6.07) is 4.66. The van der Waals surface area contributed by atoms with Crippen LogP contribution < -0.4 is 5.32 Å². The number of benzene rings is 1. The Morgan fingerprint density at radius 1 is 1.19 bits per heavy atom. The van der Waals surface area contributed by atoms with Crippen LogP contribution in [0.2, 0.25) is 0 Å². The maximum absolute atomic E-state index is 13.0. The molecule has 1 saturated carbocycles. The Balaban J connectivity index is 2.17. The van der Waals surface area contributed by atoms with Crippen molar-refractivity contribution in [2.45, 2.75) is 56.3 Å². The van der Waals surface area contributed by atoms with E-state index >= 15 is 0 Å². The molecule has 1 aromatic rings. The zero-order valence-electron chi connectivity index (χ0n) is 14.3. The zero-order valence-corrected chi connectivity index (χ0v) is 15.1. The summed E-state index contributed by atoms with van der Waals surface area (Å²) >= 11 is 0. The molecule has 1 aliphatic carbocycles. The van der Waals surface area contributed by atoms with E-state index in [-0.39, 0.29) is 18.5 Å². The van der Waals surface area contributed by atoms with Crippen LogP contribution in [0.5, 0.6) is 0 Å². The molecule has 0 spiro atoms. The molecule has 1 unspecified atom stereocenters. The smallest absolute Gasteiger partial charge is 0.386 e. The third kappa shape index (κ3) is 5.67. The van der Waals surface area contributed by atoms with E-state index in [1.807, 2.05) is 0 Å². The topological polar surface area (TPSA) is 86.6 Å². The maximum atomic E-state index is 13.0. The van der Waals surface area contributed by atoms with Gasteiger partial charge in [-0.3, -0.25) is 4.55 Å². The van der Waals surface area contributed by atoms with Crippen molar-refractivity contribution in [2.24, 2.45) is 0 Å². The molecule has 9 heteroatoms. The molecular weight excluding hydrogens is 371 g/mol. The fourth-order valence-corrected chi connectivity index (χ4v) is 4.03.